The number of benzene rings is 1. The highest BCUT2D eigenvalue weighted by Crippen LogP contribution is 2.34. The largest absolute Gasteiger partial charge is 0.143 e. The van der Waals surface area contributed by atoms with E-state index in [-0.39, 0.29) is 5.38 Å². The van der Waals surface area contributed by atoms with Crippen LogP contribution in [0.5, 0.6) is 0 Å². The highest BCUT2D eigenvalue weighted by molar-refractivity contribution is 7.12. The van der Waals surface area contributed by atoms with E-state index in [0.29, 0.717) is 0 Å². The summed E-state index contributed by atoms with van der Waals surface area (Å²) in [4.78, 5) is 2.54. The number of aryl methyl sites for hydroxylation is 1. The highest BCUT2D eigenvalue weighted by Gasteiger charge is 2.13. The van der Waals surface area contributed by atoms with Crippen LogP contribution in [0.1, 0.15) is 27.6 Å². The van der Waals surface area contributed by atoms with Crippen molar-refractivity contribution in [3.8, 4) is 0 Å². The van der Waals surface area contributed by atoms with Crippen LogP contribution in [0, 0.1) is 0 Å². The Balaban J connectivity index is 2.27. The average Bonchev–Trinajstić information content (AvgIpc) is 2.76. The molecular formula is C13H12Cl2S. The molecule has 0 saturated heterocycles. The molecule has 0 amide bonds. The van der Waals surface area contributed by atoms with E-state index in [1.807, 2.05) is 24.3 Å². The van der Waals surface area contributed by atoms with Gasteiger partial charge in [0.05, 0.1) is 5.38 Å². The minimum atomic E-state index is -0.0935. The molecule has 0 radical (unpaired) electrons. The summed E-state index contributed by atoms with van der Waals surface area (Å²) in [7, 11) is 0. The second-order valence-corrected chi connectivity index (χ2v) is 5.65. The molecule has 0 aliphatic heterocycles. The van der Waals surface area contributed by atoms with Crippen molar-refractivity contribution in [3.63, 3.8) is 0 Å². The Labute approximate surface area is 110 Å². The van der Waals surface area contributed by atoms with Gasteiger partial charge in [0.2, 0.25) is 0 Å². The van der Waals surface area contributed by atoms with Crippen LogP contribution in [0.4, 0.5) is 0 Å². The SMILES string of the molecule is CCc1ccc(C(Cl)c2cccc(Cl)c2)s1. The zero-order valence-electron chi connectivity index (χ0n) is 8.91. The molecule has 1 heterocycles. The standard InChI is InChI=1S/C13H12Cl2S/c1-2-11-6-7-12(16-11)13(15)9-4-3-5-10(14)8-9/h3-8,13H,2H2,1H3. The van der Waals surface area contributed by atoms with E-state index < -0.39 is 0 Å². The maximum atomic E-state index is 6.43. The topological polar surface area (TPSA) is 0 Å². The van der Waals surface area contributed by atoms with Gasteiger partial charge in [-0.2, -0.15) is 0 Å². The number of thiophene rings is 1. The molecule has 3 heteroatoms. The molecule has 0 aliphatic carbocycles. The fourth-order valence-electron chi connectivity index (χ4n) is 1.55. The van der Waals surface area contributed by atoms with Crippen LogP contribution in [0.25, 0.3) is 0 Å². The first-order valence-corrected chi connectivity index (χ1v) is 6.82. The lowest BCUT2D eigenvalue weighted by atomic mass is 10.1. The van der Waals surface area contributed by atoms with E-state index in [2.05, 4.69) is 19.1 Å². The number of alkyl halides is 1. The first kappa shape index (κ1) is 12.0. The molecule has 1 aromatic heterocycles. The van der Waals surface area contributed by atoms with Crippen LogP contribution in [-0.2, 0) is 6.42 Å². The lowest BCUT2D eigenvalue weighted by Crippen LogP contribution is -1.89. The summed E-state index contributed by atoms with van der Waals surface area (Å²) in [6.07, 6.45) is 1.06. The van der Waals surface area contributed by atoms with Crippen molar-refractivity contribution in [2.24, 2.45) is 0 Å². The summed E-state index contributed by atoms with van der Waals surface area (Å²) in [5.41, 5.74) is 1.05. The Bertz CT molecular complexity index is 476. The summed E-state index contributed by atoms with van der Waals surface area (Å²) in [6.45, 7) is 2.15. The lowest BCUT2D eigenvalue weighted by Gasteiger charge is -2.07. The minimum absolute atomic E-state index is 0.0935. The molecule has 2 rings (SSSR count). The van der Waals surface area contributed by atoms with E-state index in [0.717, 1.165) is 17.0 Å². The molecule has 0 fully saturated rings. The van der Waals surface area contributed by atoms with Crippen molar-refractivity contribution >= 4 is 34.5 Å². The van der Waals surface area contributed by atoms with Gasteiger partial charge in [-0.25, -0.2) is 0 Å². The lowest BCUT2D eigenvalue weighted by molar-refractivity contribution is 1.18. The van der Waals surface area contributed by atoms with Gasteiger partial charge < -0.3 is 0 Å². The molecular weight excluding hydrogens is 259 g/mol. The Kier molecular flexibility index (Phi) is 3.91. The van der Waals surface area contributed by atoms with Crippen molar-refractivity contribution in [2.45, 2.75) is 18.7 Å². The second kappa shape index (κ2) is 5.22. The number of rotatable bonds is 3. The van der Waals surface area contributed by atoms with Gasteiger partial charge in [-0.1, -0.05) is 30.7 Å². The van der Waals surface area contributed by atoms with E-state index in [4.69, 9.17) is 23.2 Å². The monoisotopic (exact) mass is 270 g/mol. The number of hydrogen-bond donors (Lipinski definition) is 0. The van der Waals surface area contributed by atoms with Gasteiger partial charge in [-0.15, -0.1) is 22.9 Å². The summed E-state index contributed by atoms with van der Waals surface area (Å²) in [5, 5.41) is 0.638. The Morgan fingerprint density at radius 2 is 2.06 bits per heavy atom. The predicted molar refractivity (Wildman–Crippen MR) is 72.8 cm³/mol. The minimum Gasteiger partial charge on any atom is -0.143 e. The molecule has 16 heavy (non-hydrogen) atoms. The molecule has 1 unspecified atom stereocenters. The van der Waals surface area contributed by atoms with Gasteiger partial charge in [-0.3, -0.25) is 0 Å². The third-order valence-electron chi connectivity index (χ3n) is 2.42. The quantitative estimate of drug-likeness (QED) is 0.665. The molecule has 0 bridgehead atoms. The molecule has 2 aromatic rings. The molecule has 1 aromatic carbocycles. The predicted octanol–water partition coefficient (Wildman–Crippen LogP) is 5.29. The van der Waals surface area contributed by atoms with Gasteiger partial charge in [0.15, 0.2) is 0 Å². The summed E-state index contributed by atoms with van der Waals surface area (Å²) >= 11 is 14.1. The van der Waals surface area contributed by atoms with Crippen molar-refractivity contribution in [2.75, 3.05) is 0 Å². The van der Waals surface area contributed by atoms with E-state index in [1.165, 1.54) is 9.75 Å². The molecule has 0 saturated carbocycles. The maximum Gasteiger partial charge on any atom is 0.0928 e. The summed E-state index contributed by atoms with van der Waals surface area (Å²) < 4.78 is 0. The highest BCUT2D eigenvalue weighted by atomic mass is 35.5. The fourth-order valence-corrected chi connectivity index (χ4v) is 3.05. The third-order valence-corrected chi connectivity index (χ3v) is 4.57. The molecule has 84 valence electrons. The average molecular weight is 271 g/mol. The molecule has 0 N–H and O–H groups in total. The summed E-state index contributed by atoms with van der Waals surface area (Å²) in [5.74, 6) is 0. The van der Waals surface area contributed by atoms with Crippen LogP contribution in [-0.4, -0.2) is 0 Å². The van der Waals surface area contributed by atoms with Gasteiger partial charge in [0.1, 0.15) is 0 Å². The zero-order chi connectivity index (χ0) is 11.5. The molecule has 0 nitrogen and oxygen atoms in total. The smallest absolute Gasteiger partial charge is 0.0928 e. The van der Waals surface area contributed by atoms with E-state index in [9.17, 15) is 0 Å². The Hall–Kier alpha value is -0.500. The zero-order valence-corrected chi connectivity index (χ0v) is 11.2. The number of hydrogen-bond acceptors (Lipinski definition) is 1. The van der Waals surface area contributed by atoms with Crippen molar-refractivity contribution in [3.05, 3.63) is 56.7 Å². The van der Waals surface area contributed by atoms with Crippen molar-refractivity contribution in [1.29, 1.82) is 0 Å². The summed E-state index contributed by atoms with van der Waals surface area (Å²) in [6, 6.07) is 12.0. The van der Waals surface area contributed by atoms with Gasteiger partial charge in [-0.05, 0) is 36.2 Å². The van der Waals surface area contributed by atoms with E-state index in [1.54, 1.807) is 11.3 Å². The van der Waals surface area contributed by atoms with Gasteiger partial charge in [0.25, 0.3) is 0 Å². The first-order chi connectivity index (χ1) is 7.70. The number of halogens is 2. The van der Waals surface area contributed by atoms with Gasteiger partial charge >= 0.3 is 0 Å². The molecule has 0 aliphatic rings. The molecule has 0 spiro atoms. The van der Waals surface area contributed by atoms with Crippen LogP contribution in [0.3, 0.4) is 0 Å². The van der Waals surface area contributed by atoms with Crippen LogP contribution in [0.15, 0.2) is 36.4 Å². The van der Waals surface area contributed by atoms with E-state index >= 15 is 0 Å². The first-order valence-electron chi connectivity index (χ1n) is 5.19. The van der Waals surface area contributed by atoms with Crippen molar-refractivity contribution < 1.29 is 0 Å². The fraction of sp³-hybridized carbons (Fsp3) is 0.231. The molecule has 1 atom stereocenters. The Morgan fingerprint density at radius 3 is 2.69 bits per heavy atom. The maximum absolute atomic E-state index is 6.43. The van der Waals surface area contributed by atoms with Crippen LogP contribution in [0.2, 0.25) is 5.02 Å². The second-order valence-electron chi connectivity index (χ2n) is 3.58. The Morgan fingerprint density at radius 1 is 1.25 bits per heavy atom. The van der Waals surface area contributed by atoms with Crippen LogP contribution < -0.4 is 0 Å². The normalized spacial score (nSPS) is 12.7. The third kappa shape index (κ3) is 2.60. The van der Waals surface area contributed by atoms with Gasteiger partial charge in [0, 0.05) is 14.8 Å². The van der Waals surface area contributed by atoms with Crippen LogP contribution >= 0.6 is 34.5 Å². The van der Waals surface area contributed by atoms with Crippen molar-refractivity contribution in [1.82, 2.24) is 0 Å².